The number of hydrogen-bond donors (Lipinski definition) is 1. The Hall–Kier alpha value is -1.95. The predicted molar refractivity (Wildman–Crippen MR) is 74.5 cm³/mol. The third-order valence-corrected chi connectivity index (χ3v) is 3.19. The van der Waals surface area contributed by atoms with Gasteiger partial charge >= 0.3 is 0 Å². The van der Waals surface area contributed by atoms with Crippen molar-refractivity contribution in [2.24, 2.45) is 0 Å². The van der Waals surface area contributed by atoms with E-state index in [9.17, 15) is 5.11 Å². The van der Waals surface area contributed by atoms with Crippen molar-refractivity contribution in [2.45, 2.75) is 39.3 Å². The van der Waals surface area contributed by atoms with E-state index in [4.69, 9.17) is 4.74 Å². The molecule has 0 aliphatic rings. The van der Waals surface area contributed by atoms with E-state index < -0.39 is 6.10 Å². The van der Waals surface area contributed by atoms with Crippen molar-refractivity contribution in [2.75, 3.05) is 7.11 Å². The minimum atomic E-state index is -0.694. The van der Waals surface area contributed by atoms with Crippen LogP contribution in [0.2, 0.25) is 0 Å². The van der Waals surface area contributed by atoms with Gasteiger partial charge < -0.3 is 9.84 Å². The van der Waals surface area contributed by atoms with Gasteiger partial charge in [0.15, 0.2) is 0 Å². The van der Waals surface area contributed by atoms with Crippen LogP contribution in [0.15, 0.2) is 18.2 Å². The Kier molecular flexibility index (Phi) is 4.68. The van der Waals surface area contributed by atoms with Crippen LogP contribution in [0.5, 0.6) is 5.88 Å². The second-order valence-electron chi connectivity index (χ2n) is 4.52. The highest BCUT2D eigenvalue weighted by molar-refractivity contribution is 5.17. The summed E-state index contributed by atoms with van der Waals surface area (Å²) in [6.45, 7) is 4.89. The van der Waals surface area contributed by atoms with E-state index in [-0.39, 0.29) is 0 Å². The smallest absolute Gasteiger partial charge is 0.233 e. The highest BCUT2D eigenvalue weighted by Gasteiger charge is 2.15. The summed E-state index contributed by atoms with van der Waals surface area (Å²) in [7, 11) is 1.53. The van der Waals surface area contributed by atoms with E-state index in [1.807, 2.05) is 17.7 Å². The lowest BCUT2D eigenvalue weighted by Crippen LogP contribution is -2.10. The SMILES string of the molecule is CCc1cc(CC(O)c2ccc(OC)nn2)n(CC)n1. The van der Waals surface area contributed by atoms with Gasteiger partial charge in [0, 0.05) is 24.7 Å². The van der Waals surface area contributed by atoms with Crippen LogP contribution >= 0.6 is 0 Å². The second-order valence-corrected chi connectivity index (χ2v) is 4.52. The molecule has 0 radical (unpaired) electrons. The number of hydrogen-bond acceptors (Lipinski definition) is 5. The average molecular weight is 276 g/mol. The molecule has 0 amide bonds. The normalized spacial score (nSPS) is 12.4. The maximum absolute atomic E-state index is 10.3. The van der Waals surface area contributed by atoms with Crippen LogP contribution in [-0.2, 0) is 19.4 Å². The number of aryl methyl sites for hydroxylation is 2. The molecular formula is C14H20N4O2. The zero-order chi connectivity index (χ0) is 14.5. The van der Waals surface area contributed by atoms with Crippen LogP contribution in [0.4, 0.5) is 0 Å². The van der Waals surface area contributed by atoms with E-state index >= 15 is 0 Å². The van der Waals surface area contributed by atoms with Gasteiger partial charge in [0.25, 0.3) is 0 Å². The fourth-order valence-corrected chi connectivity index (χ4v) is 2.05. The Bertz CT molecular complexity index is 551. The molecule has 0 aliphatic carbocycles. The first-order chi connectivity index (χ1) is 9.67. The van der Waals surface area contributed by atoms with Crippen LogP contribution in [0.1, 0.15) is 37.0 Å². The molecule has 0 saturated heterocycles. The molecule has 6 heteroatoms. The molecular weight excluding hydrogens is 256 g/mol. The lowest BCUT2D eigenvalue weighted by Gasteiger charge is -2.10. The summed E-state index contributed by atoms with van der Waals surface area (Å²) in [5, 5.41) is 22.6. The third-order valence-electron chi connectivity index (χ3n) is 3.19. The number of aromatic nitrogens is 4. The van der Waals surface area contributed by atoms with E-state index in [0.717, 1.165) is 24.4 Å². The quantitative estimate of drug-likeness (QED) is 0.866. The Balaban J connectivity index is 2.13. The van der Waals surface area contributed by atoms with Crippen LogP contribution < -0.4 is 4.74 Å². The Morgan fingerprint density at radius 3 is 2.65 bits per heavy atom. The number of nitrogens with zero attached hydrogens (tertiary/aromatic N) is 4. The first-order valence-electron chi connectivity index (χ1n) is 6.79. The van der Waals surface area contributed by atoms with Crippen molar-refractivity contribution >= 4 is 0 Å². The summed E-state index contributed by atoms with van der Waals surface area (Å²) in [6.07, 6.45) is 0.667. The molecule has 1 N–H and O–H groups in total. The van der Waals surface area contributed by atoms with Crippen molar-refractivity contribution in [3.05, 3.63) is 35.3 Å². The predicted octanol–water partition coefficient (Wildman–Crippen LogP) is 1.54. The zero-order valence-corrected chi connectivity index (χ0v) is 12.1. The van der Waals surface area contributed by atoms with Crippen molar-refractivity contribution in [3.63, 3.8) is 0 Å². The fraction of sp³-hybridized carbons (Fsp3) is 0.500. The van der Waals surface area contributed by atoms with E-state index in [0.29, 0.717) is 18.0 Å². The Morgan fingerprint density at radius 1 is 1.30 bits per heavy atom. The molecule has 108 valence electrons. The number of aliphatic hydroxyl groups is 1. The van der Waals surface area contributed by atoms with Crippen molar-refractivity contribution in [1.29, 1.82) is 0 Å². The van der Waals surface area contributed by atoms with Gasteiger partial charge in [0.2, 0.25) is 5.88 Å². The molecule has 2 heterocycles. The molecule has 0 fully saturated rings. The van der Waals surface area contributed by atoms with E-state index in [1.165, 1.54) is 7.11 Å². The Morgan fingerprint density at radius 2 is 2.10 bits per heavy atom. The molecule has 6 nitrogen and oxygen atoms in total. The second kappa shape index (κ2) is 6.47. The van der Waals surface area contributed by atoms with Crippen LogP contribution in [0.3, 0.4) is 0 Å². The number of ether oxygens (including phenoxy) is 1. The van der Waals surface area contributed by atoms with Gasteiger partial charge in [-0.25, -0.2) is 0 Å². The maximum atomic E-state index is 10.3. The lowest BCUT2D eigenvalue weighted by molar-refractivity contribution is 0.169. The van der Waals surface area contributed by atoms with E-state index in [1.54, 1.807) is 12.1 Å². The summed E-state index contributed by atoms with van der Waals surface area (Å²) in [4.78, 5) is 0. The first kappa shape index (κ1) is 14.5. The van der Waals surface area contributed by atoms with Crippen molar-refractivity contribution in [1.82, 2.24) is 20.0 Å². The highest BCUT2D eigenvalue weighted by Crippen LogP contribution is 2.18. The van der Waals surface area contributed by atoms with Gasteiger partial charge in [-0.2, -0.15) is 5.10 Å². The summed E-state index contributed by atoms with van der Waals surface area (Å²) in [6, 6.07) is 5.45. The lowest BCUT2D eigenvalue weighted by atomic mass is 10.1. The molecule has 0 aromatic carbocycles. The summed E-state index contributed by atoms with van der Waals surface area (Å²) < 4.78 is 6.87. The molecule has 0 bridgehead atoms. The summed E-state index contributed by atoms with van der Waals surface area (Å²) >= 11 is 0. The molecule has 1 unspecified atom stereocenters. The monoisotopic (exact) mass is 276 g/mol. The van der Waals surface area contributed by atoms with Gasteiger partial charge in [-0.15, -0.1) is 10.2 Å². The Labute approximate surface area is 118 Å². The summed E-state index contributed by atoms with van der Waals surface area (Å²) in [5.74, 6) is 0.438. The summed E-state index contributed by atoms with van der Waals surface area (Å²) in [5.41, 5.74) is 2.58. The zero-order valence-electron chi connectivity index (χ0n) is 12.1. The first-order valence-corrected chi connectivity index (χ1v) is 6.79. The molecule has 0 saturated carbocycles. The molecule has 0 aliphatic heterocycles. The molecule has 0 spiro atoms. The number of aliphatic hydroxyl groups excluding tert-OH is 1. The van der Waals surface area contributed by atoms with E-state index in [2.05, 4.69) is 22.2 Å². The third kappa shape index (κ3) is 3.14. The molecule has 1 atom stereocenters. The molecule has 20 heavy (non-hydrogen) atoms. The molecule has 2 aromatic heterocycles. The average Bonchev–Trinajstić information content (AvgIpc) is 2.89. The van der Waals surface area contributed by atoms with Crippen molar-refractivity contribution < 1.29 is 9.84 Å². The highest BCUT2D eigenvalue weighted by atomic mass is 16.5. The van der Waals surface area contributed by atoms with Gasteiger partial charge in [-0.1, -0.05) is 6.92 Å². The number of methoxy groups -OCH3 is 1. The van der Waals surface area contributed by atoms with Crippen LogP contribution in [-0.4, -0.2) is 32.2 Å². The van der Waals surface area contributed by atoms with Crippen LogP contribution in [0, 0.1) is 0 Å². The topological polar surface area (TPSA) is 73.1 Å². The van der Waals surface area contributed by atoms with Gasteiger partial charge in [-0.05, 0) is 25.5 Å². The molecule has 2 rings (SSSR count). The minimum absolute atomic E-state index is 0.438. The van der Waals surface area contributed by atoms with Gasteiger partial charge in [0.1, 0.15) is 6.10 Å². The standard InChI is InChI=1S/C14H20N4O2/c1-4-10-8-11(18(5-2)17-10)9-13(19)12-6-7-14(20-3)16-15-12/h6-8,13,19H,4-5,9H2,1-3H3. The number of rotatable bonds is 6. The van der Waals surface area contributed by atoms with Gasteiger partial charge in [0.05, 0.1) is 18.5 Å². The maximum Gasteiger partial charge on any atom is 0.233 e. The molecule has 2 aromatic rings. The minimum Gasteiger partial charge on any atom is -0.480 e. The van der Waals surface area contributed by atoms with Crippen molar-refractivity contribution in [3.8, 4) is 5.88 Å². The fourth-order valence-electron chi connectivity index (χ4n) is 2.05. The van der Waals surface area contributed by atoms with Crippen LogP contribution in [0.25, 0.3) is 0 Å². The largest absolute Gasteiger partial charge is 0.480 e. The van der Waals surface area contributed by atoms with Gasteiger partial charge in [-0.3, -0.25) is 4.68 Å².